The number of fused-ring (bicyclic) bond motifs is 1. The fraction of sp³-hybridized carbons (Fsp3) is 0.389. The number of ether oxygens (including phenoxy) is 1. The molecule has 1 aliphatic rings. The molecule has 0 bridgehead atoms. The van der Waals surface area contributed by atoms with Gasteiger partial charge in [0, 0.05) is 31.0 Å². The third kappa shape index (κ3) is 3.84. The number of nitrogens with zero attached hydrogens (tertiary/aromatic N) is 4. The first-order valence-corrected chi connectivity index (χ1v) is 10.2. The average molecular weight is 373 g/mol. The summed E-state index contributed by atoms with van der Waals surface area (Å²) in [6.45, 7) is 6.80. The molecule has 0 atom stereocenters. The standard InChI is InChI=1S/C18H20N4OS2/c1-13-19-16-17(25-13)15(14-5-3-2-4-6-14)20-21-18(16)24-12-9-22-7-10-23-11-8-22/h2-6H,7-12H2,1H3. The number of thioether (sulfide) groups is 1. The van der Waals surface area contributed by atoms with Gasteiger partial charge >= 0.3 is 0 Å². The topological polar surface area (TPSA) is 51.1 Å². The van der Waals surface area contributed by atoms with E-state index in [1.165, 1.54) is 0 Å². The van der Waals surface area contributed by atoms with Gasteiger partial charge in [0.1, 0.15) is 16.2 Å². The van der Waals surface area contributed by atoms with E-state index in [2.05, 4.69) is 27.2 Å². The van der Waals surface area contributed by atoms with Crippen LogP contribution in [-0.4, -0.2) is 58.7 Å². The van der Waals surface area contributed by atoms with Gasteiger partial charge in [-0.15, -0.1) is 33.3 Å². The summed E-state index contributed by atoms with van der Waals surface area (Å²) >= 11 is 3.44. The van der Waals surface area contributed by atoms with E-state index in [0.717, 1.165) is 70.1 Å². The third-order valence-corrected chi connectivity index (χ3v) is 6.10. The first kappa shape index (κ1) is 16.9. The van der Waals surface area contributed by atoms with Crippen LogP contribution in [0.3, 0.4) is 0 Å². The highest BCUT2D eigenvalue weighted by Crippen LogP contribution is 2.35. The molecule has 25 heavy (non-hydrogen) atoms. The van der Waals surface area contributed by atoms with Crippen molar-refractivity contribution in [1.29, 1.82) is 0 Å². The van der Waals surface area contributed by atoms with Gasteiger partial charge in [0.25, 0.3) is 0 Å². The molecule has 0 spiro atoms. The Hall–Kier alpha value is -1.54. The van der Waals surface area contributed by atoms with Gasteiger partial charge in [-0.3, -0.25) is 4.90 Å². The molecule has 7 heteroatoms. The summed E-state index contributed by atoms with van der Waals surface area (Å²) in [5.74, 6) is 0.991. The smallest absolute Gasteiger partial charge is 0.146 e. The highest BCUT2D eigenvalue weighted by atomic mass is 32.2. The van der Waals surface area contributed by atoms with E-state index in [1.807, 2.05) is 25.1 Å². The molecule has 0 N–H and O–H groups in total. The lowest BCUT2D eigenvalue weighted by Gasteiger charge is -2.26. The Kier molecular flexibility index (Phi) is 5.26. The predicted molar refractivity (Wildman–Crippen MR) is 103 cm³/mol. The predicted octanol–water partition coefficient (Wildman–Crippen LogP) is 3.49. The van der Waals surface area contributed by atoms with E-state index in [4.69, 9.17) is 9.72 Å². The largest absolute Gasteiger partial charge is 0.379 e. The van der Waals surface area contributed by atoms with Gasteiger partial charge in [0.05, 0.1) is 22.9 Å². The van der Waals surface area contributed by atoms with E-state index in [-0.39, 0.29) is 0 Å². The lowest BCUT2D eigenvalue weighted by Crippen LogP contribution is -2.37. The number of aryl methyl sites for hydroxylation is 1. The number of hydrogen-bond acceptors (Lipinski definition) is 7. The van der Waals surface area contributed by atoms with Gasteiger partial charge in [-0.05, 0) is 6.92 Å². The zero-order valence-corrected chi connectivity index (χ0v) is 15.8. The maximum Gasteiger partial charge on any atom is 0.146 e. The highest BCUT2D eigenvalue weighted by Gasteiger charge is 2.16. The zero-order valence-electron chi connectivity index (χ0n) is 14.1. The summed E-state index contributed by atoms with van der Waals surface area (Å²) < 4.78 is 6.53. The van der Waals surface area contributed by atoms with Crippen molar-refractivity contribution in [1.82, 2.24) is 20.1 Å². The van der Waals surface area contributed by atoms with Crippen LogP contribution in [-0.2, 0) is 4.74 Å². The Labute approximate surface area is 155 Å². The molecule has 130 valence electrons. The average Bonchev–Trinajstić information content (AvgIpc) is 3.05. The van der Waals surface area contributed by atoms with Gasteiger partial charge in [0.15, 0.2) is 0 Å². The zero-order chi connectivity index (χ0) is 17.1. The number of rotatable bonds is 5. The maximum absolute atomic E-state index is 5.40. The molecule has 3 aromatic rings. The number of thiazole rings is 1. The molecule has 5 nitrogen and oxygen atoms in total. The number of benzene rings is 1. The first-order valence-electron chi connectivity index (χ1n) is 8.43. The summed E-state index contributed by atoms with van der Waals surface area (Å²) in [6.07, 6.45) is 0. The van der Waals surface area contributed by atoms with Crippen molar-refractivity contribution in [2.45, 2.75) is 11.9 Å². The highest BCUT2D eigenvalue weighted by molar-refractivity contribution is 7.99. The van der Waals surface area contributed by atoms with Gasteiger partial charge < -0.3 is 4.74 Å². The molecule has 1 aromatic carbocycles. The van der Waals surface area contributed by atoms with Crippen molar-refractivity contribution in [3.63, 3.8) is 0 Å². The molecule has 0 amide bonds. The Balaban J connectivity index is 1.56. The molecular formula is C18H20N4OS2. The van der Waals surface area contributed by atoms with Gasteiger partial charge in [-0.25, -0.2) is 4.98 Å². The minimum absolute atomic E-state index is 0.839. The Bertz CT molecular complexity index is 847. The van der Waals surface area contributed by atoms with E-state index < -0.39 is 0 Å². The number of hydrogen-bond donors (Lipinski definition) is 0. The monoisotopic (exact) mass is 372 g/mol. The van der Waals surface area contributed by atoms with Crippen molar-refractivity contribution < 1.29 is 4.74 Å². The quantitative estimate of drug-likeness (QED) is 0.639. The van der Waals surface area contributed by atoms with E-state index in [1.54, 1.807) is 23.1 Å². The molecule has 0 unspecified atom stereocenters. The molecule has 0 aliphatic carbocycles. The van der Waals surface area contributed by atoms with E-state index in [9.17, 15) is 0 Å². The normalized spacial score (nSPS) is 15.7. The van der Waals surface area contributed by atoms with Crippen molar-refractivity contribution in [3.8, 4) is 11.3 Å². The van der Waals surface area contributed by atoms with Crippen LogP contribution in [0.2, 0.25) is 0 Å². The van der Waals surface area contributed by atoms with E-state index >= 15 is 0 Å². The van der Waals surface area contributed by atoms with Crippen molar-refractivity contribution in [2.75, 3.05) is 38.6 Å². The van der Waals surface area contributed by atoms with Crippen LogP contribution in [0, 0.1) is 6.92 Å². The lowest BCUT2D eigenvalue weighted by atomic mass is 10.1. The molecule has 3 heterocycles. The van der Waals surface area contributed by atoms with Crippen LogP contribution in [0.5, 0.6) is 0 Å². The second-order valence-electron chi connectivity index (χ2n) is 5.93. The second kappa shape index (κ2) is 7.78. The van der Waals surface area contributed by atoms with Crippen LogP contribution in [0.25, 0.3) is 21.5 Å². The van der Waals surface area contributed by atoms with E-state index in [0.29, 0.717) is 0 Å². The molecule has 0 radical (unpaired) electrons. The lowest BCUT2D eigenvalue weighted by molar-refractivity contribution is 0.0410. The minimum Gasteiger partial charge on any atom is -0.379 e. The molecule has 4 rings (SSSR count). The summed E-state index contributed by atoms with van der Waals surface area (Å²) in [5.41, 5.74) is 3.01. The van der Waals surface area contributed by atoms with Gasteiger partial charge in [0.2, 0.25) is 0 Å². The van der Waals surface area contributed by atoms with Crippen LogP contribution in [0.1, 0.15) is 5.01 Å². The maximum atomic E-state index is 5.40. The molecule has 1 fully saturated rings. The molecule has 1 aliphatic heterocycles. The van der Waals surface area contributed by atoms with Gasteiger partial charge in [-0.2, -0.15) is 0 Å². The number of morpholine rings is 1. The molecule has 2 aromatic heterocycles. The van der Waals surface area contributed by atoms with Crippen LogP contribution >= 0.6 is 23.1 Å². The van der Waals surface area contributed by atoms with Gasteiger partial charge in [-0.1, -0.05) is 30.3 Å². The van der Waals surface area contributed by atoms with Crippen LogP contribution in [0.4, 0.5) is 0 Å². The molecular weight excluding hydrogens is 352 g/mol. The van der Waals surface area contributed by atoms with Crippen molar-refractivity contribution >= 4 is 33.3 Å². The SMILES string of the molecule is Cc1nc2c(SCCN3CCOCC3)nnc(-c3ccccc3)c2s1. The second-order valence-corrected chi connectivity index (χ2v) is 8.22. The summed E-state index contributed by atoms with van der Waals surface area (Å²) in [6, 6.07) is 10.2. The summed E-state index contributed by atoms with van der Waals surface area (Å²) in [5, 5.41) is 11.0. The molecule has 0 saturated carbocycles. The third-order valence-electron chi connectivity index (χ3n) is 4.19. The van der Waals surface area contributed by atoms with Crippen LogP contribution in [0.15, 0.2) is 35.4 Å². The minimum atomic E-state index is 0.839. The van der Waals surface area contributed by atoms with Crippen molar-refractivity contribution in [2.24, 2.45) is 0 Å². The Morgan fingerprint density at radius 2 is 1.96 bits per heavy atom. The Morgan fingerprint density at radius 1 is 1.16 bits per heavy atom. The Morgan fingerprint density at radius 3 is 2.76 bits per heavy atom. The molecule has 1 saturated heterocycles. The van der Waals surface area contributed by atoms with Crippen LogP contribution < -0.4 is 0 Å². The summed E-state index contributed by atoms with van der Waals surface area (Å²) in [7, 11) is 0. The number of aromatic nitrogens is 3. The summed E-state index contributed by atoms with van der Waals surface area (Å²) in [4.78, 5) is 7.16. The fourth-order valence-corrected chi connectivity index (χ4v) is 4.82. The van der Waals surface area contributed by atoms with Crippen molar-refractivity contribution in [3.05, 3.63) is 35.3 Å². The first-order chi connectivity index (χ1) is 12.3. The fourth-order valence-electron chi connectivity index (χ4n) is 2.90.